The normalized spacial score (nSPS) is 17.6. The average Bonchev–Trinajstić information content (AvgIpc) is 2.80. The van der Waals surface area contributed by atoms with Crippen LogP contribution in [0.2, 0.25) is 0 Å². The van der Waals surface area contributed by atoms with Gasteiger partial charge in [-0.05, 0) is 38.0 Å². The van der Waals surface area contributed by atoms with Gasteiger partial charge in [0.15, 0.2) is 5.16 Å². The summed E-state index contributed by atoms with van der Waals surface area (Å²) < 4.78 is 0. The molecular weight excluding hydrogens is 322 g/mol. The van der Waals surface area contributed by atoms with Crippen molar-refractivity contribution in [1.29, 1.82) is 0 Å². The Labute approximate surface area is 145 Å². The van der Waals surface area contributed by atoms with E-state index in [9.17, 15) is 9.59 Å². The monoisotopic (exact) mass is 341 g/mol. The van der Waals surface area contributed by atoms with Crippen LogP contribution in [-0.2, 0) is 16.0 Å². The fraction of sp³-hybridized carbons (Fsp3) is 0.333. The molecule has 6 heteroatoms. The fourth-order valence-corrected chi connectivity index (χ4v) is 3.93. The van der Waals surface area contributed by atoms with Gasteiger partial charge in [0, 0.05) is 17.8 Å². The Morgan fingerprint density at radius 1 is 1.17 bits per heavy atom. The van der Waals surface area contributed by atoms with Crippen molar-refractivity contribution in [3.05, 3.63) is 47.3 Å². The third-order valence-corrected chi connectivity index (χ3v) is 4.97. The lowest BCUT2D eigenvalue weighted by Crippen LogP contribution is -2.32. The van der Waals surface area contributed by atoms with E-state index < -0.39 is 5.25 Å². The van der Waals surface area contributed by atoms with Crippen LogP contribution in [0, 0.1) is 13.8 Å². The maximum atomic E-state index is 12.8. The predicted octanol–water partition coefficient (Wildman–Crippen LogP) is 3.08. The first-order chi connectivity index (χ1) is 11.5. The molecule has 0 N–H and O–H groups in total. The molecule has 124 valence electrons. The molecule has 0 unspecified atom stereocenters. The molecule has 2 aromatic rings. The summed E-state index contributed by atoms with van der Waals surface area (Å²) in [5.41, 5.74) is 3.40. The van der Waals surface area contributed by atoms with Crippen LogP contribution >= 0.6 is 11.8 Å². The summed E-state index contributed by atoms with van der Waals surface area (Å²) in [5, 5.41) is 0.0767. The molecule has 1 atom stereocenters. The summed E-state index contributed by atoms with van der Waals surface area (Å²) in [6, 6.07) is 9.43. The first kappa shape index (κ1) is 16.6. The van der Waals surface area contributed by atoms with Crippen molar-refractivity contribution in [1.82, 2.24) is 9.97 Å². The van der Waals surface area contributed by atoms with Crippen LogP contribution < -0.4 is 4.90 Å². The van der Waals surface area contributed by atoms with Gasteiger partial charge in [-0.25, -0.2) is 14.9 Å². The van der Waals surface area contributed by atoms with Crippen LogP contribution in [0.25, 0.3) is 0 Å². The SMILES string of the molecule is CCc1ccccc1N1C(=O)C[C@H](Sc2nc(C)cc(C)n2)C1=O. The van der Waals surface area contributed by atoms with E-state index >= 15 is 0 Å². The number of aryl methyl sites for hydroxylation is 3. The first-order valence-corrected chi connectivity index (χ1v) is 8.81. The highest BCUT2D eigenvalue weighted by Crippen LogP contribution is 2.34. The van der Waals surface area contributed by atoms with Crippen molar-refractivity contribution in [3.63, 3.8) is 0 Å². The molecule has 0 bridgehead atoms. The maximum absolute atomic E-state index is 12.8. The van der Waals surface area contributed by atoms with Gasteiger partial charge in [0.1, 0.15) is 5.25 Å². The van der Waals surface area contributed by atoms with Crippen molar-refractivity contribution >= 4 is 29.3 Å². The van der Waals surface area contributed by atoms with Gasteiger partial charge < -0.3 is 0 Å². The van der Waals surface area contributed by atoms with Gasteiger partial charge in [-0.3, -0.25) is 9.59 Å². The van der Waals surface area contributed by atoms with Crippen LogP contribution in [0.3, 0.4) is 0 Å². The van der Waals surface area contributed by atoms with E-state index in [1.807, 2.05) is 51.1 Å². The highest BCUT2D eigenvalue weighted by molar-refractivity contribution is 8.00. The Morgan fingerprint density at radius 2 is 1.83 bits per heavy atom. The molecular formula is C18H19N3O2S. The number of hydrogen-bond donors (Lipinski definition) is 0. The molecule has 1 aliphatic rings. The Morgan fingerprint density at radius 3 is 2.50 bits per heavy atom. The zero-order valence-corrected chi connectivity index (χ0v) is 14.8. The molecule has 1 aromatic heterocycles. The smallest absolute Gasteiger partial charge is 0.247 e. The molecule has 24 heavy (non-hydrogen) atoms. The minimum atomic E-state index is -0.469. The molecule has 0 spiro atoms. The first-order valence-electron chi connectivity index (χ1n) is 7.93. The third kappa shape index (κ3) is 3.19. The zero-order valence-electron chi connectivity index (χ0n) is 13.9. The van der Waals surface area contributed by atoms with Gasteiger partial charge in [0.25, 0.3) is 0 Å². The lowest BCUT2D eigenvalue weighted by Gasteiger charge is -2.18. The molecule has 1 aromatic carbocycles. The van der Waals surface area contributed by atoms with Crippen molar-refractivity contribution in [3.8, 4) is 0 Å². The summed E-state index contributed by atoms with van der Waals surface area (Å²) >= 11 is 1.27. The van der Waals surface area contributed by atoms with E-state index in [0.29, 0.717) is 10.8 Å². The second-order valence-corrected chi connectivity index (χ2v) is 6.96. The molecule has 2 heterocycles. The Kier molecular flexibility index (Phi) is 4.66. The lowest BCUT2D eigenvalue weighted by atomic mass is 10.1. The van der Waals surface area contributed by atoms with Gasteiger partial charge in [0.05, 0.1) is 5.69 Å². The summed E-state index contributed by atoms with van der Waals surface area (Å²) in [4.78, 5) is 35.3. The van der Waals surface area contributed by atoms with Crippen LogP contribution in [0.1, 0.15) is 30.3 Å². The number of nitrogens with zero attached hydrogens (tertiary/aromatic N) is 3. The number of rotatable bonds is 4. The highest BCUT2D eigenvalue weighted by atomic mass is 32.2. The number of benzene rings is 1. The Bertz CT molecular complexity index is 786. The number of aromatic nitrogens is 2. The number of para-hydroxylation sites is 1. The molecule has 2 amide bonds. The predicted molar refractivity (Wildman–Crippen MR) is 94.1 cm³/mol. The molecule has 0 radical (unpaired) electrons. The average molecular weight is 341 g/mol. The van der Waals surface area contributed by atoms with E-state index in [-0.39, 0.29) is 18.2 Å². The van der Waals surface area contributed by atoms with E-state index in [4.69, 9.17) is 0 Å². The standard InChI is InChI=1S/C18H19N3O2S/c1-4-13-7-5-6-8-14(13)21-16(22)10-15(17(21)23)24-18-19-11(2)9-12(3)20-18/h5-9,15H,4,10H2,1-3H3/t15-/m0/s1. The topological polar surface area (TPSA) is 63.2 Å². The number of carbonyl (C=O) groups excluding carboxylic acids is 2. The van der Waals surface area contributed by atoms with Crippen molar-refractivity contribution in [2.75, 3.05) is 4.90 Å². The van der Waals surface area contributed by atoms with Gasteiger partial charge in [0.2, 0.25) is 11.8 Å². The number of imide groups is 1. The fourth-order valence-electron chi connectivity index (χ4n) is 2.85. The zero-order chi connectivity index (χ0) is 17.3. The van der Waals surface area contributed by atoms with Crippen molar-refractivity contribution < 1.29 is 9.59 Å². The maximum Gasteiger partial charge on any atom is 0.247 e. The van der Waals surface area contributed by atoms with Gasteiger partial charge >= 0.3 is 0 Å². The lowest BCUT2D eigenvalue weighted by molar-refractivity contribution is -0.121. The summed E-state index contributed by atoms with van der Waals surface area (Å²) in [5.74, 6) is -0.351. The molecule has 1 aliphatic heterocycles. The number of amides is 2. The summed E-state index contributed by atoms with van der Waals surface area (Å²) in [6.45, 7) is 5.80. The van der Waals surface area contributed by atoms with Crippen LogP contribution in [0.5, 0.6) is 0 Å². The molecule has 1 saturated heterocycles. The minimum absolute atomic E-state index is 0.164. The molecule has 0 aliphatic carbocycles. The van der Waals surface area contributed by atoms with Gasteiger partial charge in [-0.15, -0.1) is 0 Å². The molecule has 1 fully saturated rings. The quantitative estimate of drug-likeness (QED) is 0.632. The number of hydrogen-bond acceptors (Lipinski definition) is 5. The van der Waals surface area contributed by atoms with E-state index in [0.717, 1.165) is 23.4 Å². The summed E-state index contributed by atoms with van der Waals surface area (Å²) in [7, 11) is 0. The largest absolute Gasteiger partial charge is 0.274 e. The number of carbonyl (C=O) groups is 2. The second-order valence-electron chi connectivity index (χ2n) is 5.79. The van der Waals surface area contributed by atoms with E-state index in [1.165, 1.54) is 16.7 Å². The van der Waals surface area contributed by atoms with Crippen molar-refractivity contribution in [2.24, 2.45) is 0 Å². The molecule has 3 rings (SSSR count). The van der Waals surface area contributed by atoms with Gasteiger partial charge in [-0.2, -0.15) is 0 Å². The van der Waals surface area contributed by atoms with Crippen LogP contribution in [-0.4, -0.2) is 27.0 Å². The van der Waals surface area contributed by atoms with Crippen molar-refractivity contribution in [2.45, 2.75) is 44.0 Å². The van der Waals surface area contributed by atoms with E-state index in [2.05, 4.69) is 9.97 Å². The summed E-state index contributed by atoms with van der Waals surface area (Å²) in [6.07, 6.45) is 0.948. The Hall–Kier alpha value is -2.21. The van der Waals surface area contributed by atoms with E-state index in [1.54, 1.807) is 0 Å². The van der Waals surface area contributed by atoms with Crippen LogP contribution in [0.4, 0.5) is 5.69 Å². The molecule has 0 saturated carbocycles. The minimum Gasteiger partial charge on any atom is -0.274 e. The molecule has 5 nitrogen and oxygen atoms in total. The van der Waals surface area contributed by atoms with Crippen LogP contribution in [0.15, 0.2) is 35.5 Å². The second kappa shape index (κ2) is 6.73. The number of anilines is 1. The third-order valence-electron chi connectivity index (χ3n) is 3.93. The number of thioether (sulfide) groups is 1. The highest BCUT2D eigenvalue weighted by Gasteiger charge is 2.41. The Balaban J connectivity index is 1.86. The van der Waals surface area contributed by atoms with Gasteiger partial charge in [-0.1, -0.05) is 36.9 Å².